The third kappa shape index (κ3) is 3.62. The molecule has 0 spiro atoms. The Morgan fingerprint density at radius 2 is 2.50 bits per heavy atom. The van der Waals surface area contributed by atoms with Crippen LogP contribution in [0.15, 0.2) is 4.76 Å². The average molecular weight is 134 g/mol. The first kappa shape index (κ1) is 7.44. The maximum Gasteiger partial charge on any atom is 0.681 e. The van der Waals surface area contributed by atoms with Gasteiger partial charge in [0.2, 0.25) is 0 Å². The zero-order chi connectivity index (χ0) is 6.41. The minimum atomic E-state index is -2.13. The molecule has 0 radical (unpaired) electrons. The summed E-state index contributed by atoms with van der Waals surface area (Å²) in [6.07, 6.45) is 1.12. The van der Waals surface area contributed by atoms with E-state index in [2.05, 4.69) is 9.29 Å². The molecule has 0 amide bonds. The van der Waals surface area contributed by atoms with Crippen LogP contribution in [-0.2, 0) is 13.9 Å². The van der Waals surface area contributed by atoms with Crippen LogP contribution in [0.1, 0.15) is 6.92 Å². The Hall–Kier alpha value is -0.560. The quantitative estimate of drug-likeness (QED) is 0.329. The monoisotopic (exact) mass is 134 g/mol. The lowest BCUT2D eigenvalue weighted by Gasteiger charge is -1.69. The van der Waals surface area contributed by atoms with Crippen molar-refractivity contribution in [3.05, 3.63) is 0 Å². The molecule has 44 valence electrons. The number of isocyanates is 1. The maximum atomic E-state index is 10.1. The standard InChI is InChI=1S/C3H5NO3P/c1-2-7-8(6)4-3-5/h2H2,1H3/q+1. The molecule has 0 rings (SSSR count). The summed E-state index contributed by atoms with van der Waals surface area (Å²) in [6.45, 7) is 1.95. The highest BCUT2D eigenvalue weighted by Crippen LogP contribution is 2.21. The third-order valence-electron chi connectivity index (χ3n) is 0.362. The van der Waals surface area contributed by atoms with Crippen molar-refractivity contribution in [2.45, 2.75) is 6.92 Å². The molecular weight excluding hydrogens is 129 g/mol. The molecule has 0 aliphatic heterocycles. The number of rotatable bonds is 3. The lowest BCUT2D eigenvalue weighted by molar-refractivity contribution is 0.351. The first-order chi connectivity index (χ1) is 3.81. The summed E-state index contributed by atoms with van der Waals surface area (Å²) in [4.78, 5) is 9.33. The van der Waals surface area contributed by atoms with Crippen molar-refractivity contribution in [3.8, 4) is 0 Å². The van der Waals surface area contributed by atoms with E-state index in [-0.39, 0.29) is 0 Å². The average Bonchev–Trinajstić information content (AvgIpc) is 1.68. The first-order valence-electron chi connectivity index (χ1n) is 1.99. The van der Waals surface area contributed by atoms with E-state index >= 15 is 0 Å². The molecule has 1 atom stereocenters. The zero-order valence-corrected chi connectivity index (χ0v) is 5.22. The summed E-state index contributed by atoms with van der Waals surface area (Å²) in [5.41, 5.74) is 0. The van der Waals surface area contributed by atoms with Crippen molar-refractivity contribution in [3.63, 3.8) is 0 Å². The van der Waals surface area contributed by atoms with E-state index in [0.717, 1.165) is 6.08 Å². The number of hydrogen-bond acceptors (Lipinski definition) is 3. The second kappa shape index (κ2) is 4.60. The van der Waals surface area contributed by atoms with Crippen LogP contribution < -0.4 is 0 Å². The van der Waals surface area contributed by atoms with Crippen LogP contribution in [0, 0.1) is 0 Å². The van der Waals surface area contributed by atoms with E-state index < -0.39 is 8.18 Å². The Kier molecular flexibility index (Phi) is 4.27. The molecular formula is C3H5NO3P+. The van der Waals surface area contributed by atoms with E-state index in [0.29, 0.717) is 6.61 Å². The topological polar surface area (TPSA) is 55.7 Å². The van der Waals surface area contributed by atoms with Gasteiger partial charge in [-0.05, 0) is 6.92 Å². The normalized spacial score (nSPS) is 9.88. The van der Waals surface area contributed by atoms with Gasteiger partial charge in [0, 0.05) is 4.57 Å². The fraction of sp³-hybridized carbons (Fsp3) is 0.667. The summed E-state index contributed by atoms with van der Waals surface area (Å²) in [7, 11) is -2.13. The predicted molar refractivity (Wildman–Crippen MR) is 27.4 cm³/mol. The van der Waals surface area contributed by atoms with Gasteiger partial charge in [-0.15, -0.1) is 4.52 Å². The number of carbonyl (C=O) groups excluding carboxylic acids is 1. The van der Waals surface area contributed by atoms with Gasteiger partial charge in [-0.3, -0.25) is 0 Å². The molecule has 0 saturated carbocycles. The van der Waals surface area contributed by atoms with E-state index in [9.17, 15) is 9.36 Å². The van der Waals surface area contributed by atoms with Gasteiger partial charge in [-0.2, -0.15) is 0 Å². The molecule has 0 heterocycles. The van der Waals surface area contributed by atoms with Gasteiger partial charge in [0.25, 0.3) is 6.08 Å². The Bertz CT molecular complexity index is 128. The van der Waals surface area contributed by atoms with E-state index in [1.54, 1.807) is 6.92 Å². The molecule has 0 aromatic carbocycles. The second-order valence-corrected chi connectivity index (χ2v) is 1.78. The lowest BCUT2D eigenvalue weighted by Crippen LogP contribution is -1.72. The minimum Gasteiger partial charge on any atom is -0.207 e. The molecule has 0 aliphatic rings. The predicted octanol–water partition coefficient (Wildman–Crippen LogP) is 1.02. The first-order valence-corrected chi connectivity index (χ1v) is 3.12. The van der Waals surface area contributed by atoms with Crippen LogP contribution >= 0.6 is 8.18 Å². The number of nitrogens with zero attached hydrogens (tertiary/aromatic N) is 1. The Labute approximate surface area is 47.5 Å². The molecule has 0 aliphatic carbocycles. The molecule has 0 saturated heterocycles. The van der Waals surface area contributed by atoms with Gasteiger partial charge in [0.05, 0.1) is 4.76 Å². The Morgan fingerprint density at radius 1 is 1.88 bits per heavy atom. The summed E-state index contributed by atoms with van der Waals surface area (Å²) >= 11 is 0. The zero-order valence-electron chi connectivity index (χ0n) is 4.33. The summed E-state index contributed by atoms with van der Waals surface area (Å²) in [6, 6.07) is 0. The Morgan fingerprint density at radius 3 is 2.88 bits per heavy atom. The molecule has 8 heavy (non-hydrogen) atoms. The minimum absolute atomic E-state index is 0.292. The van der Waals surface area contributed by atoms with Crippen molar-refractivity contribution in [1.82, 2.24) is 0 Å². The highest BCUT2D eigenvalue weighted by Gasteiger charge is 2.12. The summed E-state index contributed by atoms with van der Waals surface area (Å²) < 4.78 is 17.3. The van der Waals surface area contributed by atoms with Crippen molar-refractivity contribution >= 4 is 14.3 Å². The van der Waals surface area contributed by atoms with Crippen molar-refractivity contribution in [2.24, 2.45) is 4.76 Å². The van der Waals surface area contributed by atoms with Crippen LogP contribution in [0.2, 0.25) is 0 Å². The van der Waals surface area contributed by atoms with Crippen molar-refractivity contribution in [2.75, 3.05) is 6.61 Å². The van der Waals surface area contributed by atoms with Crippen molar-refractivity contribution in [1.29, 1.82) is 0 Å². The molecule has 0 aromatic heterocycles. The van der Waals surface area contributed by atoms with Gasteiger partial charge in [-0.25, -0.2) is 4.79 Å². The fourth-order valence-corrected chi connectivity index (χ4v) is 0.518. The van der Waals surface area contributed by atoms with Crippen LogP contribution in [0.5, 0.6) is 0 Å². The highest BCUT2D eigenvalue weighted by molar-refractivity contribution is 7.37. The van der Waals surface area contributed by atoms with E-state index in [1.807, 2.05) is 0 Å². The Balaban J connectivity index is 3.49. The van der Waals surface area contributed by atoms with E-state index in [4.69, 9.17) is 0 Å². The largest absolute Gasteiger partial charge is 0.681 e. The highest BCUT2D eigenvalue weighted by atomic mass is 31.1. The SMILES string of the molecule is CCO[P+](=O)N=C=O. The van der Waals surface area contributed by atoms with Crippen LogP contribution in [0.3, 0.4) is 0 Å². The van der Waals surface area contributed by atoms with Gasteiger partial charge in [0.1, 0.15) is 6.61 Å². The van der Waals surface area contributed by atoms with Crippen LogP contribution in [-0.4, -0.2) is 12.7 Å². The summed E-state index contributed by atoms with van der Waals surface area (Å²) in [5, 5.41) is 0. The maximum absolute atomic E-state index is 10.1. The van der Waals surface area contributed by atoms with E-state index in [1.165, 1.54) is 0 Å². The van der Waals surface area contributed by atoms with Crippen LogP contribution in [0.4, 0.5) is 0 Å². The molecule has 0 aromatic rings. The molecule has 5 heteroatoms. The fourth-order valence-electron chi connectivity index (χ4n) is 0.173. The molecule has 0 bridgehead atoms. The van der Waals surface area contributed by atoms with Crippen LogP contribution in [0.25, 0.3) is 0 Å². The van der Waals surface area contributed by atoms with Gasteiger partial charge in [-0.1, -0.05) is 0 Å². The molecule has 0 N–H and O–H groups in total. The van der Waals surface area contributed by atoms with Crippen molar-refractivity contribution < 1.29 is 13.9 Å². The molecule has 4 nitrogen and oxygen atoms in total. The van der Waals surface area contributed by atoms with Gasteiger partial charge in [0.15, 0.2) is 0 Å². The number of hydrogen-bond donors (Lipinski definition) is 0. The third-order valence-corrected chi connectivity index (χ3v) is 1.09. The van der Waals surface area contributed by atoms with Gasteiger partial charge < -0.3 is 0 Å². The summed E-state index contributed by atoms with van der Waals surface area (Å²) in [5.74, 6) is 0. The second-order valence-electron chi connectivity index (χ2n) is 0.847. The lowest BCUT2D eigenvalue weighted by atomic mass is 10.9. The molecule has 1 unspecified atom stereocenters. The smallest absolute Gasteiger partial charge is 0.207 e. The molecule has 0 fully saturated rings. The van der Waals surface area contributed by atoms with Gasteiger partial charge >= 0.3 is 8.18 Å².